The zero-order valence-electron chi connectivity index (χ0n) is 17.5. The van der Waals surface area contributed by atoms with Gasteiger partial charge in [-0.1, -0.05) is 30.3 Å². The van der Waals surface area contributed by atoms with E-state index in [0.717, 1.165) is 32.1 Å². The average molecular weight is 403 g/mol. The van der Waals surface area contributed by atoms with Gasteiger partial charge in [-0.25, -0.2) is 0 Å². The molecule has 2 bridgehead atoms. The van der Waals surface area contributed by atoms with Crippen molar-refractivity contribution in [3.8, 4) is 0 Å². The Morgan fingerprint density at radius 1 is 1.21 bits per heavy atom. The normalized spacial score (nSPS) is 26.1. The number of nitrogens with one attached hydrogen (secondary N) is 1. The molecule has 6 heteroatoms. The molecular formula is C23H34N2O4. The molecule has 1 aromatic rings. The molecule has 1 saturated carbocycles. The van der Waals surface area contributed by atoms with Gasteiger partial charge >= 0.3 is 11.9 Å². The SMILES string of the molecule is CCOC(=O)[C@H](CCc1ccccc1)N[C@@H](C)CN1C2CCC(CC2)[C@H]1C(=O)O. The number of nitrogens with zero attached hydrogens (tertiary/aromatic N) is 1. The van der Waals surface area contributed by atoms with Crippen LogP contribution in [-0.4, -0.2) is 59.3 Å². The third kappa shape index (κ3) is 5.58. The number of carboxylic acid groups (broad SMARTS) is 1. The third-order valence-corrected chi connectivity index (χ3v) is 6.37. The minimum Gasteiger partial charge on any atom is -0.480 e. The summed E-state index contributed by atoms with van der Waals surface area (Å²) in [5.41, 5.74) is 1.19. The summed E-state index contributed by atoms with van der Waals surface area (Å²) in [7, 11) is 0. The summed E-state index contributed by atoms with van der Waals surface area (Å²) in [6.07, 6.45) is 5.63. The number of ether oxygens (including phenoxy) is 1. The quantitative estimate of drug-likeness (QED) is 0.586. The maximum Gasteiger partial charge on any atom is 0.323 e. The van der Waals surface area contributed by atoms with Crippen LogP contribution >= 0.6 is 0 Å². The molecule has 3 atom stereocenters. The van der Waals surface area contributed by atoms with Gasteiger partial charge in [-0.3, -0.25) is 14.5 Å². The van der Waals surface area contributed by atoms with Gasteiger partial charge in [0.25, 0.3) is 0 Å². The number of carboxylic acids is 1. The van der Waals surface area contributed by atoms with Crippen molar-refractivity contribution in [2.45, 2.75) is 76.5 Å². The molecular weight excluding hydrogens is 368 g/mol. The first kappa shape index (κ1) is 21.8. The van der Waals surface area contributed by atoms with E-state index in [-0.39, 0.29) is 17.9 Å². The number of fused-ring (bicyclic) bond motifs is 3. The van der Waals surface area contributed by atoms with Crippen molar-refractivity contribution in [2.75, 3.05) is 13.2 Å². The molecule has 160 valence electrons. The fourth-order valence-corrected chi connectivity index (χ4v) is 5.03. The second-order valence-electron chi connectivity index (χ2n) is 8.45. The van der Waals surface area contributed by atoms with Crippen molar-refractivity contribution < 1.29 is 19.4 Å². The number of piperidine rings is 2. The van der Waals surface area contributed by atoms with E-state index in [9.17, 15) is 14.7 Å². The molecule has 1 aliphatic carbocycles. The van der Waals surface area contributed by atoms with Crippen LogP contribution in [0.4, 0.5) is 0 Å². The van der Waals surface area contributed by atoms with E-state index >= 15 is 0 Å². The van der Waals surface area contributed by atoms with Crippen LogP contribution in [0.1, 0.15) is 51.5 Å². The van der Waals surface area contributed by atoms with Gasteiger partial charge in [0.15, 0.2) is 0 Å². The highest BCUT2D eigenvalue weighted by Gasteiger charge is 2.45. The van der Waals surface area contributed by atoms with E-state index in [1.54, 1.807) is 0 Å². The molecule has 0 aromatic heterocycles. The minimum absolute atomic E-state index is 0.00128. The summed E-state index contributed by atoms with van der Waals surface area (Å²) >= 11 is 0. The third-order valence-electron chi connectivity index (χ3n) is 6.37. The lowest BCUT2D eigenvalue weighted by Crippen LogP contribution is -2.61. The van der Waals surface area contributed by atoms with Crippen LogP contribution in [0.15, 0.2) is 30.3 Å². The number of esters is 1. The highest BCUT2D eigenvalue weighted by molar-refractivity contribution is 5.76. The molecule has 2 heterocycles. The predicted molar refractivity (Wildman–Crippen MR) is 112 cm³/mol. The molecule has 0 spiro atoms. The monoisotopic (exact) mass is 402 g/mol. The molecule has 2 aliphatic heterocycles. The molecule has 3 fully saturated rings. The maximum atomic E-state index is 12.5. The molecule has 0 radical (unpaired) electrons. The fourth-order valence-electron chi connectivity index (χ4n) is 5.03. The van der Waals surface area contributed by atoms with Crippen LogP contribution < -0.4 is 5.32 Å². The van der Waals surface area contributed by atoms with Gasteiger partial charge in [0.05, 0.1) is 6.61 Å². The highest BCUT2D eigenvalue weighted by atomic mass is 16.5. The molecule has 6 nitrogen and oxygen atoms in total. The molecule has 0 amide bonds. The van der Waals surface area contributed by atoms with E-state index in [2.05, 4.69) is 22.3 Å². The Morgan fingerprint density at radius 2 is 1.90 bits per heavy atom. The number of carbonyl (C=O) groups excluding carboxylic acids is 1. The molecule has 3 aliphatic rings. The van der Waals surface area contributed by atoms with Gasteiger partial charge in [-0.2, -0.15) is 0 Å². The van der Waals surface area contributed by atoms with Crippen LogP contribution in [-0.2, 0) is 20.7 Å². The van der Waals surface area contributed by atoms with Gasteiger partial charge in [0, 0.05) is 18.6 Å². The van der Waals surface area contributed by atoms with Crippen molar-refractivity contribution in [2.24, 2.45) is 5.92 Å². The molecule has 2 N–H and O–H groups in total. The van der Waals surface area contributed by atoms with E-state index in [1.807, 2.05) is 32.0 Å². The summed E-state index contributed by atoms with van der Waals surface area (Å²) in [6, 6.07) is 9.67. The first-order valence-electron chi connectivity index (χ1n) is 10.9. The summed E-state index contributed by atoms with van der Waals surface area (Å²) in [4.78, 5) is 26.5. The van der Waals surface area contributed by atoms with Gasteiger partial charge in [-0.15, -0.1) is 0 Å². The number of rotatable bonds is 10. The molecule has 0 unspecified atom stereocenters. The van der Waals surface area contributed by atoms with Crippen LogP contribution in [0.3, 0.4) is 0 Å². The van der Waals surface area contributed by atoms with Crippen molar-refractivity contribution in [1.82, 2.24) is 10.2 Å². The Balaban J connectivity index is 1.61. The van der Waals surface area contributed by atoms with Crippen molar-refractivity contribution >= 4 is 11.9 Å². The smallest absolute Gasteiger partial charge is 0.323 e. The van der Waals surface area contributed by atoms with Crippen LogP contribution in [0.25, 0.3) is 0 Å². The lowest BCUT2D eigenvalue weighted by atomic mass is 9.74. The standard InChI is InChI=1S/C23H34N2O4/c1-3-29-23(28)20(14-9-17-7-5-4-6-8-17)24-16(2)15-25-19-12-10-18(11-13-19)21(25)22(26)27/h4-8,16,18-21,24H,3,9-15H2,1-2H3,(H,26,27)/t16-,18?,19?,20-,21-/m0/s1. The zero-order chi connectivity index (χ0) is 20.8. The summed E-state index contributed by atoms with van der Waals surface area (Å²) in [5.74, 6) is -0.688. The van der Waals surface area contributed by atoms with E-state index in [4.69, 9.17) is 4.74 Å². The van der Waals surface area contributed by atoms with E-state index < -0.39 is 18.1 Å². The predicted octanol–water partition coefficient (Wildman–Crippen LogP) is 2.86. The Labute approximate surface area is 173 Å². The number of carbonyl (C=O) groups is 2. The van der Waals surface area contributed by atoms with E-state index in [1.165, 1.54) is 5.56 Å². The largest absolute Gasteiger partial charge is 0.480 e. The van der Waals surface area contributed by atoms with Crippen LogP contribution in [0.5, 0.6) is 0 Å². The fraction of sp³-hybridized carbons (Fsp3) is 0.652. The molecule has 4 rings (SSSR count). The Hall–Kier alpha value is -1.92. The average Bonchev–Trinajstić information content (AvgIpc) is 2.72. The number of hydrogen-bond acceptors (Lipinski definition) is 5. The number of benzene rings is 1. The van der Waals surface area contributed by atoms with Gasteiger partial charge in [-0.05, 0) is 63.9 Å². The minimum atomic E-state index is -0.711. The summed E-state index contributed by atoms with van der Waals surface area (Å²) in [5, 5.41) is 13.2. The topological polar surface area (TPSA) is 78.9 Å². The van der Waals surface area contributed by atoms with Crippen molar-refractivity contribution in [3.63, 3.8) is 0 Å². The molecule has 29 heavy (non-hydrogen) atoms. The van der Waals surface area contributed by atoms with Crippen LogP contribution in [0.2, 0.25) is 0 Å². The second-order valence-corrected chi connectivity index (χ2v) is 8.45. The van der Waals surface area contributed by atoms with Crippen molar-refractivity contribution in [1.29, 1.82) is 0 Å². The van der Waals surface area contributed by atoms with E-state index in [0.29, 0.717) is 25.6 Å². The number of aliphatic carboxylic acids is 1. The molecule has 1 aromatic carbocycles. The summed E-state index contributed by atoms with van der Waals surface area (Å²) < 4.78 is 5.28. The highest BCUT2D eigenvalue weighted by Crippen LogP contribution is 2.39. The van der Waals surface area contributed by atoms with Crippen LogP contribution in [0, 0.1) is 5.92 Å². The maximum absolute atomic E-state index is 12.5. The zero-order valence-corrected chi connectivity index (χ0v) is 17.5. The first-order valence-corrected chi connectivity index (χ1v) is 10.9. The Bertz CT molecular complexity index is 673. The lowest BCUT2D eigenvalue weighted by molar-refractivity contribution is -0.153. The Morgan fingerprint density at radius 3 is 2.52 bits per heavy atom. The molecule has 2 saturated heterocycles. The number of aryl methyl sites for hydroxylation is 1. The second kappa shape index (κ2) is 10.2. The summed E-state index contributed by atoms with van der Waals surface area (Å²) in [6.45, 7) is 4.85. The lowest BCUT2D eigenvalue weighted by Gasteiger charge is -2.50. The Kier molecular flexibility index (Phi) is 7.67. The van der Waals surface area contributed by atoms with Gasteiger partial charge in [0.2, 0.25) is 0 Å². The van der Waals surface area contributed by atoms with Gasteiger partial charge < -0.3 is 15.2 Å². The van der Waals surface area contributed by atoms with Crippen molar-refractivity contribution in [3.05, 3.63) is 35.9 Å². The number of hydrogen-bond donors (Lipinski definition) is 2. The van der Waals surface area contributed by atoms with Gasteiger partial charge in [0.1, 0.15) is 12.1 Å². The first-order chi connectivity index (χ1) is 14.0.